The zero-order chi connectivity index (χ0) is 16.2. The molecule has 0 atom stereocenters. The van der Waals surface area contributed by atoms with Crippen molar-refractivity contribution in [2.75, 3.05) is 0 Å². The number of hydrogen-bond donors (Lipinski definition) is 0. The predicted octanol–water partition coefficient (Wildman–Crippen LogP) is 6.11. The summed E-state index contributed by atoms with van der Waals surface area (Å²) in [6, 6.07) is 22.8. The van der Waals surface area contributed by atoms with Crippen molar-refractivity contribution in [2.45, 2.75) is 0 Å². The van der Waals surface area contributed by atoms with Gasteiger partial charge in [-0.25, -0.2) is 0 Å². The third-order valence-electron chi connectivity index (χ3n) is 3.25. The predicted molar refractivity (Wildman–Crippen MR) is 101 cm³/mol. The van der Waals surface area contributed by atoms with Gasteiger partial charge >= 0.3 is 0 Å². The molecule has 24 heavy (non-hydrogen) atoms. The zero-order valence-electron chi connectivity index (χ0n) is 12.4. The first-order chi connectivity index (χ1) is 11.1. The molecule has 0 N–H and O–H groups in total. The average Bonchev–Trinajstić information content (AvgIpc) is 3.24. The van der Waals surface area contributed by atoms with Crippen LogP contribution in [0.3, 0.4) is 0 Å². The standard InChI is InChI=1S/C14H7Br2O2.C5H5.Fe/c15-9-5-10-12(17)7-13(8-3-1-2-4-8)18-14(10)11(16)6-9;1-2-4-5-3-1;/h1-7H;1-5H;/q-1;-5;. The Kier molecular flexibility index (Phi) is 6.81. The Morgan fingerprint density at radius 3 is 2.08 bits per heavy atom. The van der Waals surface area contributed by atoms with Gasteiger partial charge in [0.05, 0.1) is 15.6 Å². The molecule has 1 heterocycles. The number of fused-ring (bicyclic) bond motifs is 1. The molecule has 3 aromatic carbocycles. The summed E-state index contributed by atoms with van der Waals surface area (Å²) < 4.78 is 7.41. The van der Waals surface area contributed by atoms with E-state index in [0.717, 1.165) is 14.5 Å². The molecule has 0 fully saturated rings. The summed E-state index contributed by atoms with van der Waals surface area (Å²) in [4.78, 5) is 12.1. The molecule has 0 saturated carbocycles. The van der Waals surface area contributed by atoms with Crippen molar-refractivity contribution >= 4 is 42.8 Å². The molecule has 4 rings (SSSR count). The van der Waals surface area contributed by atoms with Crippen LogP contribution in [0.15, 0.2) is 91.0 Å². The fourth-order valence-electron chi connectivity index (χ4n) is 2.18. The van der Waals surface area contributed by atoms with E-state index in [9.17, 15) is 4.79 Å². The third kappa shape index (κ3) is 4.37. The van der Waals surface area contributed by atoms with E-state index < -0.39 is 0 Å². The van der Waals surface area contributed by atoms with Crippen molar-refractivity contribution in [3.63, 3.8) is 0 Å². The van der Waals surface area contributed by atoms with Crippen LogP contribution in [0.1, 0.15) is 0 Å². The molecular formula is C19H12Br2FeO2-6. The van der Waals surface area contributed by atoms with Gasteiger partial charge in [0, 0.05) is 21.5 Å². The molecule has 0 unspecified atom stereocenters. The van der Waals surface area contributed by atoms with Crippen molar-refractivity contribution in [2.24, 2.45) is 0 Å². The number of hydrogen-bond acceptors (Lipinski definition) is 2. The molecule has 0 aliphatic rings. The molecule has 0 saturated heterocycles. The van der Waals surface area contributed by atoms with Gasteiger partial charge in [-0.3, -0.25) is 0 Å². The molecule has 1 aromatic heterocycles. The van der Waals surface area contributed by atoms with Crippen LogP contribution in [0, 0.1) is 0 Å². The largest absolute Gasteiger partial charge is 0.748 e. The second-order valence-corrected chi connectivity index (χ2v) is 6.65. The maximum Gasteiger partial charge on any atom is 0.153 e. The third-order valence-corrected chi connectivity index (χ3v) is 4.30. The molecule has 0 bridgehead atoms. The minimum absolute atomic E-state index is 0. The molecule has 2 nitrogen and oxygen atoms in total. The molecule has 4 aromatic rings. The van der Waals surface area contributed by atoms with Crippen LogP contribution in [-0.2, 0) is 17.1 Å². The van der Waals surface area contributed by atoms with Gasteiger partial charge in [0.1, 0.15) is 5.58 Å². The topological polar surface area (TPSA) is 30.2 Å². The summed E-state index contributed by atoms with van der Waals surface area (Å²) in [6.45, 7) is 0. The van der Waals surface area contributed by atoms with Crippen LogP contribution in [0.5, 0.6) is 0 Å². The van der Waals surface area contributed by atoms with Crippen LogP contribution in [0.2, 0.25) is 0 Å². The molecule has 128 valence electrons. The summed E-state index contributed by atoms with van der Waals surface area (Å²) in [7, 11) is 0. The van der Waals surface area contributed by atoms with Gasteiger partial charge in [-0.2, -0.15) is 12.1 Å². The van der Waals surface area contributed by atoms with E-state index in [1.165, 1.54) is 6.07 Å². The van der Waals surface area contributed by atoms with Gasteiger partial charge in [-0.1, -0.05) is 21.5 Å². The van der Waals surface area contributed by atoms with Crippen LogP contribution in [-0.4, -0.2) is 0 Å². The molecule has 0 aliphatic heterocycles. The maximum absolute atomic E-state index is 12.1. The second-order valence-electron chi connectivity index (χ2n) is 4.88. The van der Waals surface area contributed by atoms with Gasteiger partial charge in [-0.05, 0) is 34.1 Å². The van der Waals surface area contributed by atoms with E-state index in [2.05, 4.69) is 31.9 Å². The van der Waals surface area contributed by atoms with E-state index >= 15 is 0 Å². The van der Waals surface area contributed by atoms with E-state index in [1.807, 2.05) is 60.7 Å². The van der Waals surface area contributed by atoms with E-state index in [0.29, 0.717) is 16.7 Å². The molecule has 0 radical (unpaired) electrons. The van der Waals surface area contributed by atoms with Crippen LogP contribution >= 0.6 is 31.9 Å². The Bertz CT molecular complexity index is 938. The summed E-state index contributed by atoms with van der Waals surface area (Å²) in [5.41, 5.74) is 1.43. The summed E-state index contributed by atoms with van der Waals surface area (Å²) in [5, 5.41) is 0.562. The van der Waals surface area contributed by atoms with E-state index in [1.54, 1.807) is 6.07 Å². The molecule has 5 heteroatoms. The molecule has 0 aliphatic carbocycles. The average molecular weight is 488 g/mol. The molecule has 0 amide bonds. The second kappa shape index (κ2) is 8.63. The number of benzene rings is 1. The van der Waals surface area contributed by atoms with Crippen LogP contribution < -0.4 is 5.43 Å². The first kappa shape index (κ1) is 18.9. The Balaban J connectivity index is 0.000000300. The number of halogens is 2. The summed E-state index contributed by atoms with van der Waals surface area (Å²) >= 11 is 6.78. The first-order valence-corrected chi connectivity index (χ1v) is 8.55. The Morgan fingerprint density at radius 2 is 1.50 bits per heavy atom. The smallest absolute Gasteiger partial charge is 0.153 e. The first-order valence-electron chi connectivity index (χ1n) is 6.97. The van der Waals surface area contributed by atoms with Gasteiger partial charge in [0.25, 0.3) is 0 Å². The van der Waals surface area contributed by atoms with Crippen LogP contribution in [0.25, 0.3) is 22.3 Å². The van der Waals surface area contributed by atoms with Gasteiger partial charge in [-0.15, -0.1) is 12.1 Å². The van der Waals surface area contributed by atoms with Gasteiger partial charge in [0.15, 0.2) is 5.43 Å². The van der Waals surface area contributed by atoms with E-state index in [-0.39, 0.29) is 22.5 Å². The van der Waals surface area contributed by atoms with Crippen molar-refractivity contribution in [1.29, 1.82) is 0 Å². The minimum atomic E-state index is -0.0468. The normalized spacial score (nSPS) is 9.92. The van der Waals surface area contributed by atoms with Crippen molar-refractivity contribution in [3.8, 4) is 11.3 Å². The Morgan fingerprint density at radius 1 is 0.917 bits per heavy atom. The SMILES string of the molecule is O=c1cc(-[c-]2cccc2)oc2c(Br)cc(Br)cc12.[Fe].[cH-]1[cH-][cH-][cH-][cH-]1. The van der Waals surface area contributed by atoms with Crippen LogP contribution in [0.4, 0.5) is 0 Å². The fourth-order valence-corrected chi connectivity index (χ4v) is 3.49. The van der Waals surface area contributed by atoms with Gasteiger partial charge in [0.2, 0.25) is 0 Å². The fraction of sp³-hybridized carbons (Fsp3) is 0. The number of rotatable bonds is 1. The van der Waals surface area contributed by atoms with E-state index in [4.69, 9.17) is 4.42 Å². The van der Waals surface area contributed by atoms with Crippen molar-refractivity contribution < 1.29 is 21.5 Å². The Hall–Kier alpha value is -1.39. The summed E-state index contributed by atoms with van der Waals surface area (Å²) in [6.07, 6.45) is 0. The van der Waals surface area contributed by atoms with Crippen molar-refractivity contribution in [3.05, 3.63) is 92.0 Å². The zero-order valence-corrected chi connectivity index (χ0v) is 16.6. The van der Waals surface area contributed by atoms with Crippen molar-refractivity contribution in [1.82, 2.24) is 0 Å². The molecular weight excluding hydrogens is 476 g/mol. The Labute approximate surface area is 167 Å². The monoisotopic (exact) mass is 486 g/mol. The maximum atomic E-state index is 12.1. The van der Waals surface area contributed by atoms with Gasteiger partial charge < -0.3 is 39.5 Å². The molecule has 0 spiro atoms. The quantitative estimate of drug-likeness (QED) is 0.239. The summed E-state index contributed by atoms with van der Waals surface area (Å²) in [5.74, 6) is 0.584. The minimum Gasteiger partial charge on any atom is -0.748 e.